The summed E-state index contributed by atoms with van der Waals surface area (Å²) in [4.78, 5) is 17.1. The molecule has 1 saturated carbocycles. The fourth-order valence-electron chi connectivity index (χ4n) is 2.99. The van der Waals surface area contributed by atoms with Crippen LogP contribution in [0.25, 0.3) is 0 Å². The Kier molecular flexibility index (Phi) is 4.18. The molecule has 108 valence electrons. The number of piperazine rings is 1. The highest BCUT2D eigenvalue weighted by Crippen LogP contribution is 2.30. The lowest BCUT2D eigenvalue weighted by molar-refractivity contribution is 0.0855. The Bertz CT molecular complexity index is 474. The van der Waals surface area contributed by atoms with Gasteiger partial charge in [0.1, 0.15) is 0 Å². The van der Waals surface area contributed by atoms with E-state index in [2.05, 4.69) is 29.0 Å². The number of rotatable bonds is 4. The van der Waals surface area contributed by atoms with E-state index in [1.165, 1.54) is 12.0 Å². The van der Waals surface area contributed by atoms with Crippen LogP contribution in [0.3, 0.4) is 0 Å². The number of nitrogens with zero attached hydrogens (tertiary/aromatic N) is 2. The van der Waals surface area contributed by atoms with Gasteiger partial charge in [0.2, 0.25) is 0 Å². The predicted molar refractivity (Wildman–Crippen MR) is 80.9 cm³/mol. The molecule has 0 radical (unpaired) electrons. The number of carbonyl (C=O) groups excluding carboxylic acids is 1. The minimum absolute atomic E-state index is 0.300. The Morgan fingerprint density at radius 1 is 1.20 bits per heavy atom. The number of benzene rings is 1. The van der Waals surface area contributed by atoms with Crippen LogP contribution in [-0.2, 0) is 6.54 Å². The Balaban J connectivity index is 1.63. The van der Waals surface area contributed by atoms with E-state index in [4.69, 9.17) is 0 Å². The van der Waals surface area contributed by atoms with Gasteiger partial charge in [-0.2, -0.15) is 0 Å². The topological polar surface area (TPSA) is 23.6 Å². The highest BCUT2D eigenvalue weighted by atomic mass is 16.1. The molecule has 2 aliphatic rings. The van der Waals surface area contributed by atoms with Crippen LogP contribution < -0.4 is 0 Å². The molecular formula is C17H24N2O. The number of hydrogen-bond donors (Lipinski definition) is 0. The van der Waals surface area contributed by atoms with Crippen molar-refractivity contribution in [3.63, 3.8) is 0 Å². The van der Waals surface area contributed by atoms with Gasteiger partial charge >= 0.3 is 0 Å². The maximum atomic E-state index is 12.3. The van der Waals surface area contributed by atoms with Crippen LogP contribution in [0.2, 0.25) is 0 Å². The fraction of sp³-hybridized carbons (Fsp3) is 0.588. The molecule has 0 spiro atoms. The highest BCUT2D eigenvalue weighted by molar-refractivity contribution is 5.98. The maximum Gasteiger partial charge on any atom is 0.165 e. The number of carbonyl (C=O) groups is 1. The zero-order valence-electron chi connectivity index (χ0n) is 12.3. The second kappa shape index (κ2) is 6.06. The Labute approximate surface area is 121 Å². The molecular weight excluding hydrogens is 248 g/mol. The summed E-state index contributed by atoms with van der Waals surface area (Å²) in [7, 11) is 2.18. The van der Waals surface area contributed by atoms with Gasteiger partial charge in [0.25, 0.3) is 0 Å². The highest BCUT2D eigenvalue weighted by Gasteiger charge is 2.26. The van der Waals surface area contributed by atoms with Crippen LogP contribution in [0, 0.1) is 5.92 Å². The van der Waals surface area contributed by atoms with E-state index in [9.17, 15) is 4.79 Å². The number of hydrogen-bond acceptors (Lipinski definition) is 3. The lowest BCUT2D eigenvalue weighted by Gasteiger charge is -2.32. The van der Waals surface area contributed by atoms with Crippen molar-refractivity contribution in [3.8, 4) is 0 Å². The summed E-state index contributed by atoms with van der Waals surface area (Å²) in [6, 6.07) is 8.28. The molecule has 3 rings (SSSR count). The molecule has 3 heteroatoms. The fourth-order valence-corrected chi connectivity index (χ4v) is 2.99. The Morgan fingerprint density at radius 3 is 2.60 bits per heavy atom. The van der Waals surface area contributed by atoms with E-state index < -0.39 is 0 Å². The monoisotopic (exact) mass is 272 g/mol. The average molecular weight is 272 g/mol. The van der Waals surface area contributed by atoms with Crippen molar-refractivity contribution < 1.29 is 4.79 Å². The molecule has 0 unspecified atom stereocenters. The maximum absolute atomic E-state index is 12.3. The molecule has 3 nitrogen and oxygen atoms in total. The first-order valence-electron chi connectivity index (χ1n) is 7.76. The first kappa shape index (κ1) is 13.8. The average Bonchev–Trinajstić information content (AvgIpc) is 2.40. The Morgan fingerprint density at radius 2 is 1.95 bits per heavy atom. The van der Waals surface area contributed by atoms with Crippen LogP contribution in [-0.4, -0.2) is 48.8 Å². The van der Waals surface area contributed by atoms with Crippen LogP contribution >= 0.6 is 0 Å². The standard InChI is InChI=1S/C17H24N2O/c1-18-8-10-19(11-9-18)13-14-4-2-7-16(12-14)17(20)15-5-3-6-15/h2,4,7,12,15H,3,5-6,8-11,13H2,1H3. The Hall–Kier alpha value is -1.19. The first-order valence-corrected chi connectivity index (χ1v) is 7.76. The van der Waals surface area contributed by atoms with Gasteiger partial charge in [-0.3, -0.25) is 9.69 Å². The minimum atomic E-state index is 0.300. The summed E-state index contributed by atoms with van der Waals surface area (Å²) in [6.07, 6.45) is 3.39. The lowest BCUT2D eigenvalue weighted by Crippen LogP contribution is -2.43. The number of ketones is 1. The quantitative estimate of drug-likeness (QED) is 0.787. The van der Waals surface area contributed by atoms with E-state index in [1.807, 2.05) is 12.1 Å². The van der Waals surface area contributed by atoms with Crippen molar-refractivity contribution in [3.05, 3.63) is 35.4 Å². The summed E-state index contributed by atoms with van der Waals surface area (Å²) in [5, 5.41) is 0. The van der Waals surface area contributed by atoms with Gasteiger partial charge in [0.05, 0.1) is 0 Å². The second-order valence-corrected chi connectivity index (χ2v) is 6.27. The summed E-state index contributed by atoms with van der Waals surface area (Å²) >= 11 is 0. The molecule has 1 aliphatic carbocycles. The van der Waals surface area contributed by atoms with Crippen LogP contribution in [0.15, 0.2) is 24.3 Å². The van der Waals surface area contributed by atoms with Gasteiger partial charge in [-0.15, -0.1) is 0 Å². The molecule has 0 bridgehead atoms. The molecule has 20 heavy (non-hydrogen) atoms. The van der Waals surface area contributed by atoms with Gasteiger partial charge in [-0.05, 0) is 31.5 Å². The van der Waals surface area contributed by atoms with Gasteiger partial charge in [-0.1, -0.05) is 24.6 Å². The predicted octanol–water partition coefficient (Wildman–Crippen LogP) is 2.42. The van der Waals surface area contributed by atoms with Crippen molar-refractivity contribution in [2.45, 2.75) is 25.8 Å². The van der Waals surface area contributed by atoms with Crippen molar-refractivity contribution >= 4 is 5.78 Å². The van der Waals surface area contributed by atoms with Crippen molar-refractivity contribution in [2.75, 3.05) is 33.2 Å². The van der Waals surface area contributed by atoms with Gasteiger partial charge in [-0.25, -0.2) is 0 Å². The SMILES string of the molecule is CN1CCN(Cc2cccc(C(=O)C3CCC3)c2)CC1. The molecule has 0 aromatic heterocycles. The number of Topliss-reactive ketones (excluding diaryl/α,β-unsaturated/α-hetero) is 1. The second-order valence-electron chi connectivity index (χ2n) is 6.27. The van der Waals surface area contributed by atoms with Crippen molar-refractivity contribution in [1.29, 1.82) is 0 Å². The minimum Gasteiger partial charge on any atom is -0.304 e. The molecule has 1 heterocycles. The van der Waals surface area contributed by atoms with Crippen LogP contribution in [0.1, 0.15) is 35.2 Å². The summed E-state index contributed by atoms with van der Waals surface area (Å²) in [5.41, 5.74) is 2.20. The smallest absolute Gasteiger partial charge is 0.165 e. The normalized spacial score (nSPS) is 21.6. The van der Waals surface area contributed by atoms with Crippen LogP contribution in [0.4, 0.5) is 0 Å². The van der Waals surface area contributed by atoms with Gasteiger partial charge in [0.15, 0.2) is 5.78 Å². The largest absolute Gasteiger partial charge is 0.304 e. The zero-order valence-corrected chi connectivity index (χ0v) is 12.3. The van der Waals surface area contributed by atoms with E-state index >= 15 is 0 Å². The summed E-state index contributed by atoms with van der Waals surface area (Å²) < 4.78 is 0. The lowest BCUT2D eigenvalue weighted by atomic mass is 9.80. The van der Waals surface area contributed by atoms with Crippen molar-refractivity contribution in [2.24, 2.45) is 5.92 Å². The van der Waals surface area contributed by atoms with E-state index in [-0.39, 0.29) is 0 Å². The molecule has 1 aromatic carbocycles. The third kappa shape index (κ3) is 3.10. The number of likely N-dealkylation sites (N-methyl/N-ethyl adjacent to an activating group) is 1. The van der Waals surface area contributed by atoms with Gasteiger partial charge in [0, 0.05) is 44.2 Å². The van der Waals surface area contributed by atoms with E-state index in [0.29, 0.717) is 11.7 Å². The summed E-state index contributed by atoms with van der Waals surface area (Å²) in [6.45, 7) is 5.50. The first-order chi connectivity index (χ1) is 9.72. The zero-order chi connectivity index (χ0) is 13.9. The molecule has 1 aromatic rings. The molecule has 0 atom stereocenters. The molecule has 1 saturated heterocycles. The van der Waals surface area contributed by atoms with E-state index in [1.54, 1.807) is 0 Å². The summed E-state index contributed by atoms with van der Waals surface area (Å²) in [5.74, 6) is 0.658. The van der Waals surface area contributed by atoms with E-state index in [0.717, 1.165) is 51.1 Å². The molecule has 0 N–H and O–H groups in total. The molecule has 2 fully saturated rings. The third-order valence-electron chi connectivity index (χ3n) is 4.69. The molecule has 0 amide bonds. The third-order valence-corrected chi connectivity index (χ3v) is 4.69. The van der Waals surface area contributed by atoms with Gasteiger partial charge < -0.3 is 4.90 Å². The molecule has 1 aliphatic heterocycles. The van der Waals surface area contributed by atoms with Crippen LogP contribution in [0.5, 0.6) is 0 Å². The van der Waals surface area contributed by atoms with Crippen molar-refractivity contribution in [1.82, 2.24) is 9.80 Å².